The minimum atomic E-state index is 0.775. The van der Waals surface area contributed by atoms with E-state index in [1.807, 2.05) is 36.4 Å². The summed E-state index contributed by atoms with van der Waals surface area (Å²) in [6, 6.07) is 20.4. The molecule has 0 bridgehead atoms. The molecule has 0 fully saturated rings. The molecule has 116 valence electrons. The monoisotopic (exact) mass is 303 g/mol. The first-order chi connectivity index (χ1) is 11.3. The van der Waals surface area contributed by atoms with Gasteiger partial charge in [0.05, 0.1) is 0 Å². The van der Waals surface area contributed by atoms with Gasteiger partial charge in [0.2, 0.25) is 0 Å². The third-order valence-electron chi connectivity index (χ3n) is 3.95. The zero-order valence-corrected chi connectivity index (χ0v) is 13.5. The van der Waals surface area contributed by atoms with Crippen LogP contribution >= 0.6 is 0 Å². The maximum Gasteiger partial charge on any atom is 0.195 e. The lowest BCUT2D eigenvalue weighted by molar-refractivity contribution is 0.504. The molecule has 2 nitrogen and oxygen atoms in total. The Kier molecular flexibility index (Phi) is 4.72. The molecular weight excluding hydrogens is 282 g/mol. The second-order valence-corrected chi connectivity index (χ2v) is 5.62. The van der Waals surface area contributed by atoms with Crippen molar-refractivity contribution >= 4 is 0 Å². The lowest BCUT2D eigenvalue weighted by atomic mass is 10.1. The van der Waals surface area contributed by atoms with E-state index in [1.165, 1.54) is 5.57 Å². The van der Waals surface area contributed by atoms with E-state index in [0.717, 1.165) is 47.7 Å². The average molecular weight is 303 g/mol. The van der Waals surface area contributed by atoms with Crippen LogP contribution in [0.5, 0.6) is 0 Å². The Hall–Kier alpha value is -2.61. The molecule has 3 rings (SSSR count). The number of aromatic nitrogens is 1. The van der Waals surface area contributed by atoms with Crippen molar-refractivity contribution in [2.45, 2.75) is 26.2 Å². The van der Waals surface area contributed by atoms with Crippen LogP contribution in [0.4, 0.5) is 0 Å². The van der Waals surface area contributed by atoms with E-state index in [2.05, 4.69) is 37.8 Å². The Balaban J connectivity index is 1.99. The van der Waals surface area contributed by atoms with Crippen molar-refractivity contribution in [1.82, 2.24) is 4.98 Å². The molecule has 2 heteroatoms. The maximum absolute atomic E-state index is 6.10. The first kappa shape index (κ1) is 15.3. The van der Waals surface area contributed by atoms with Crippen molar-refractivity contribution in [3.63, 3.8) is 0 Å². The first-order valence-corrected chi connectivity index (χ1v) is 8.05. The highest BCUT2D eigenvalue weighted by atomic mass is 16.4. The largest absolute Gasteiger partial charge is 0.440 e. The summed E-state index contributed by atoms with van der Waals surface area (Å²) in [6.07, 6.45) is 2.70. The standard InChI is InChI=1S/C21H21NO/c1-3-16(2)14-15-19-22-20(17-10-6-4-7-11-17)21(23-19)18-12-8-5-9-13-18/h4-13H,2-3,14-15H2,1H3. The second-order valence-electron chi connectivity index (χ2n) is 5.62. The van der Waals surface area contributed by atoms with Crippen molar-refractivity contribution in [3.8, 4) is 22.6 Å². The predicted octanol–water partition coefficient (Wildman–Crippen LogP) is 5.91. The van der Waals surface area contributed by atoms with Crippen molar-refractivity contribution in [1.29, 1.82) is 0 Å². The van der Waals surface area contributed by atoms with E-state index in [0.29, 0.717) is 0 Å². The molecule has 1 heterocycles. The lowest BCUT2D eigenvalue weighted by Crippen LogP contribution is -1.88. The number of allylic oxidation sites excluding steroid dienone is 1. The maximum atomic E-state index is 6.10. The van der Waals surface area contributed by atoms with Gasteiger partial charge in [0.25, 0.3) is 0 Å². The Morgan fingerprint density at radius 1 is 0.957 bits per heavy atom. The number of hydrogen-bond acceptors (Lipinski definition) is 2. The zero-order valence-electron chi connectivity index (χ0n) is 13.5. The first-order valence-electron chi connectivity index (χ1n) is 8.05. The van der Waals surface area contributed by atoms with Gasteiger partial charge in [-0.1, -0.05) is 79.7 Å². The molecule has 23 heavy (non-hydrogen) atoms. The molecule has 0 saturated carbocycles. The summed E-state index contributed by atoms with van der Waals surface area (Å²) in [7, 11) is 0. The van der Waals surface area contributed by atoms with E-state index in [-0.39, 0.29) is 0 Å². The number of benzene rings is 2. The Labute approximate surface area is 137 Å². The van der Waals surface area contributed by atoms with Gasteiger partial charge in [0.15, 0.2) is 11.7 Å². The Bertz CT molecular complexity index is 715. The Morgan fingerprint density at radius 2 is 1.57 bits per heavy atom. The summed E-state index contributed by atoms with van der Waals surface area (Å²) >= 11 is 0. The van der Waals surface area contributed by atoms with Crippen molar-refractivity contribution in [3.05, 3.63) is 78.7 Å². The average Bonchev–Trinajstić information content (AvgIpc) is 3.05. The van der Waals surface area contributed by atoms with Crippen LogP contribution in [0.3, 0.4) is 0 Å². The fourth-order valence-corrected chi connectivity index (χ4v) is 2.51. The summed E-state index contributed by atoms with van der Waals surface area (Å²) in [5.41, 5.74) is 4.27. The summed E-state index contributed by atoms with van der Waals surface area (Å²) in [5.74, 6) is 1.62. The predicted molar refractivity (Wildman–Crippen MR) is 95.1 cm³/mol. The molecule has 0 aliphatic rings. The van der Waals surface area contributed by atoms with Crippen molar-refractivity contribution in [2.24, 2.45) is 0 Å². The molecule has 0 atom stereocenters. The van der Waals surface area contributed by atoms with Gasteiger partial charge in [-0.15, -0.1) is 0 Å². The lowest BCUT2D eigenvalue weighted by Gasteiger charge is -2.00. The summed E-state index contributed by atoms with van der Waals surface area (Å²) in [5, 5.41) is 0. The van der Waals surface area contributed by atoms with Crippen LogP contribution in [-0.4, -0.2) is 4.98 Å². The van der Waals surface area contributed by atoms with E-state index in [9.17, 15) is 0 Å². The van der Waals surface area contributed by atoms with Crippen molar-refractivity contribution < 1.29 is 4.42 Å². The van der Waals surface area contributed by atoms with Crippen LogP contribution in [0.15, 0.2) is 77.2 Å². The number of nitrogens with zero attached hydrogens (tertiary/aromatic N) is 1. The molecule has 0 radical (unpaired) electrons. The fraction of sp³-hybridized carbons (Fsp3) is 0.190. The van der Waals surface area contributed by atoms with E-state index in [4.69, 9.17) is 9.40 Å². The van der Waals surface area contributed by atoms with Gasteiger partial charge >= 0.3 is 0 Å². The molecule has 0 aliphatic heterocycles. The van der Waals surface area contributed by atoms with Gasteiger partial charge in [-0.05, 0) is 12.8 Å². The molecule has 1 aromatic heterocycles. The molecule has 0 N–H and O–H groups in total. The minimum Gasteiger partial charge on any atom is -0.440 e. The number of rotatable bonds is 6. The SMILES string of the molecule is C=C(CC)CCc1nc(-c2ccccc2)c(-c2ccccc2)o1. The zero-order chi connectivity index (χ0) is 16.1. The molecule has 0 spiro atoms. The van der Waals surface area contributed by atoms with Gasteiger partial charge in [-0.2, -0.15) is 0 Å². The van der Waals surface area contributed by atoms with Crippen LogP contribution in [0.2, 0.25) is 0 Å². The molecule has 0 unspecified atom stereocenters. The van der Waals surface area contributed by atoms with Gasteiger partial charge in [0, 0.05) is 17.5 Å². The topological polar surface area (TPSA) is 26.0 Å². The highest BCUT2D eigenvalue weighted by Crippen LogP contribution is 2.33. The molecule has 0 saturated heterocycles. The third kappa shape index (κ3) is 3.59. The number of aryl methyl sites for hydroxylation is 1. The van der Waals surface area contributed by atoms with Crippen LogP contribution in [0, 0.1) is 0 Å². The van der Waals surface area contributed by atoms with Crippen LogP contribution < -0.4 is 0 Å². The molecule has 0 amide bonds. The van der Waals surface area contributed by atoms with Crippen LogP contribution in [0.25, 0.3) is 22.6 Å². The Morgan fingerprint density at radius 3 is 2.17 bits per heavy atom. The molecular formula is C21H21NO. The second kappa shape index (κ2) is 7.10. The van der Waals surface area contributed by atoms with Crippen molar-refractivity contribution in [2.75, 3.05) is 0 Å². The third-order valence-corrected chi connectivity index (χ3v) is 3.95. The fourth-order valence-electron chi connectivity index (χ4n) is 2.51. The number of hydrogen-bond donors (Lipinski definition) is 0. The van der Waals surface area contributed by atoms with Gasteiger partial charge in [-0.25, -0.2) is 4.98 Å². The minimum absolute atomic E-state index is 0.775. The number of oxazole rings is 1. The van der Waals surface area contributed by atoms with Crippen LogP contribution in [0.1, 0.15) is 25.7 Å². The summed E-state index contributed by atoms with van der Waals surface area (Å²) < 4.78 is 6.10. The molecule has 3 aromatic rings. The van der Waals surface area contributed by atoms with E-state index < -0.39 is 0 Å². The highest BCUT2D eigenvalue weighted by Gasteiger charge is 2.16. The summed E-state index contributed by atoms with van der Waals surface area (Å²) in [6.45, 7) is 6.19. The van der Waals surface area contributed by atoms with Crippen LogP contribution in [-0.2, 0) is 6.42 Å². The summed E-state index contributed by atoms with van der Waals surface area (Å²) in [4.78, 5) is 4.76. The van der Waals surface area contributed by atoms with E-state index in [1.54, 1.807) is 0 Å². The van der Waals surface area contributed by atoms with Gasteiger partial charge in [-0.3, -0.25) is 0 Å². The van der Waals surface area contributed by atoms with Gasteiger partial charge < -0.3 is 4.42 Å². The normalized spacial score (nSPS) is 10.7. The van der Waals surface area contributed by atoms with Gasteiger partial charge in [0.1, 0.15) is 5.69 Å². The quantitative estimate of drug-likeness (QED) is 0.529. The smallest absolute Gasteiger partial charge is 0.195 e. The highest BCUT2D eigenvalue weighted by molar-refractivity contribution is 5.76. The molecule has 2 aromatic carbocycles. The molecule has 0 aliphatic carbocycles. The van der Waals surface area contributed by atoms with E-state index >= 15 is 0 Å².